The van der Waals surface area contributed by atoms with Crippen molar-refractivity contribution in [2.75, 3.05) is 31.0 Å². The van der Waals surface area contributed by atoms with Gasteiger partial charge in [0.15, 0.2) is 0 Å². The molecule has 6 heteroatoms. The maximum absolute atomic E-state index is 12.7. The summed E-state index contributed by atoms with van der Waals surface area (Å²) >= 11 is 0. The van der Waals surface area contributed by atoms with Gasteiger partial charge < -0.3 is 4.90 Å². The zero-order chi connectivity index (χ0) is 19.4. The van der Waals surface area contributed by atoms with Crippen LogP contribution in [0.15, 0.2) is 53.4 Å². The summed E-state index contributed by atoms with van der Waals surface area (Å²) in [5, 5.41) is 0. The number of hydrogen-bond donors (Lipinski definition) is 1. The molecule has 0 amide bonds. The molecular weight excluding hydrogens is 363 g/mol. The van der Waals surface area contributed by atoms with Crippen LogP contribution in [0.5, 0.6) is 0 Å². The van der Waals surface area contributed by atoms with E-state index in [1.807, 2.05) is 24.3 Å². The highest BCUT2D eigenvalue weighted by atomic mass is 32.2. The summed E-state index contributed by atoms with van der Waals surface area (Å²) in [6.07, 6.45) is 1.17. The zero-order valence-corrected chi connectivity index (χ0v) is 16.7. The van der Waals surface area contributed by atoms with Crippen LogP contribution in [-0.2, 0) is 10.0 Å². The largest absolute Gasteiger partial charge is 0.302 e. The SMILES string of the molecule is CCCN1CC(c2ccc(NS(=O)(=O)c3ccc([C@H](C)CF)cc3)cc2)C1. The Kier molecular flexibility index (Phi) is 6.17. The molecule has 1 atom stereocenters. The minimum atomic E-state index is -3.66. The van der Waals surface area contributed by atoms with Crippen LogP contribution in [0.25, 0.3) is 0 Å². The predicted octanol–water partition coefficient (Wildman–Crippen LogP) is 4.37. The lowest BCUT2D eigenvalue weighted by Gasteiger charge is -2.39. The molecule has 1 saturated heterocycles. The normalized spacial score (nSPS) is 16.7. The molecule has 1 N–H and O–H groups in total. The molecule has 0 unspecified atom stereocenters. The van der Waals surface area contributed by atoms with Crippen LogP contribution in [0, 0.1) is 0 Å². The molecule has 0 aromatic heterocycles. The van der Waals surface area contributed by atoms with Gasteiger partial charge in [0, 0.05) is 30.6 Å². The summed E-state index contributed by atoms with van der Waals surface area (Å²) in [5.74, 6) is 0.300. The maximum atomic E-state index is 12.7. The monoisotopic (exact) mass is 390 g/mol. The van der Waals surface area contributed by atoms with Crippen molar-refractivity contribution in [3.05, 3.63) is 59.7 Å². The molecule has 3 rings (SSSR count). The molecule has 0 spiro atoms. The summed E-state index contributed by atoms with van der Waals surface area (Å²) in [6.45, 7) is 6.77. The van der Waals surface area contributed by atoms with E-state index in [1.54, 1.807) is 19.1 Å². The molecule has 2 aromatic rings. The van der Waals surface area contributed by atoms with Gasteiger partial charge in [0.2, 0.25) is 0 Å². The van der Waals surface area contributed by atoms with Gasteiger partial charge in [-0.3, -0.25) is 9.11 Å². The Balaban J connectivity index is 1.64. The molecule has 2 aromatic carbocycles. The first kappa shape index (κ1) is 19.8. The Morgan fingerprint density at radius 2 is 1.74 bits per heavy atom. The standard InChI is InChI=1S/C21H27FN2O2S/c1-3-12-24-14-19(15-24)18-4-8-20(9-5-18)23-27(25,26)21-10-6-17(7-11-21)16(2)13-22/h4-11,16,19,23H,3,12-15H2,1-2H3/t16-/m1/s1. The number of anilines is 1. The quantitative estimate of drug-likeness (QED) is 0.728. The number of nitrogens with zero attached hydrogens (tertiary/aromatic N) is 1. The summed E-state index contributed by atoms with van der Waals surface area (Å²) in [5.41, 5.74) is 2.58. The molecule has 0 aliphatic carbocycles. The van der Waals surface area contributed by atoms with Crippen molar-refractivity contribution in [1.82, 2.24) is 4.90 Å². The number of alkyl halides is 1. The van der Waals surface area contributed by atoms with Gasteiger partial charge >= 0.3 is 0 Å². The van der Waals surface area contributed by atoms with Crippen molar-refractivity contribution < 1.29 is 12.8 Å². The van der Waals surface area contributed by atoms with E-state index in [-0.39, 0.29) is 10.8 Å². The molecule has 1 heterocycles. The van der Waals surface area contributed by atoms with E-state index in [4.69, 9.17) is 0 Å². The fourth-order valence-electron chi connectivity index (χ4n) is 3.38. The third kappa shape index (κ3) is 4.68. The Morgan fingerprint density at radius 1 is 1.11 bits per heavy atom. The van der Waals surface area contributed by atoms with Crippen molar-refractivity contribution in [3.8, 4) is 0 Å². The Labute approximate surface area is 161 Å². The van der Waals surface area contributed by atoms with Crippen molar-refractivity contribution >= 4 is 15.7 Å². The fraction of sp³-hybridized carbons (Fsp3) is 0.429. The highest BCUT2D eigenvalue weighted by molar-refractivity contribution is 7.92. The van der Waals surface area contributed by atoms with Crippen molar-refractivity contribution in [1.29, 1.82) is 0 Å². The second-order valence-corrected chi connectivity index (χ2v) is 8.99. The number of hydrogen-bond acceptors (Lipinski definition) is 3. The van der Waals surface area contributed by atoms with E-state index >= 15 is 0 Å². The van der Waals surface area contributed by atoms with Crippen molar-refractivity contribution in [2.45, 2.75) is 37.0 Å². The lowest BCUT2D eigenvalue weighted by Crippen LogP contribution is -2.45. The highest BCUT2D eigenvalue weighted by Crippen LogP contribution is 2.28. The van der Waals surface area contributed by atoms with Gasteiger partial charge in [0.05, 0.1) is 11.6 Å². The van der Waals surface area contributed by atoms with E-state index in [2.05, 4.69) is 16.5 Å². The maximum Gasteiger partial charge on any atom is 0.261 e. The second-order valence-electron chi connectivity index (χ2n) is 7.31. The van der Waals surface area contributed by atoms with Gasteiger partial charge in [-0.05, 0) is 48.4 Å². The van der Waals surface area contributed by atoms with Gasteiger partial charge in [-0.25, -0.2) is 8.42 Å². The Morgan fingerprint density at radius 3 is 2.30 bits per heavy atom. The van der Waals surface area contributed by atoms with Gasteiger partial charge in [0.25, 0.3) is 10.0 Å². The van der Waals surface area contributed by atoms with Crippen LogP contribution in [0.4, 0.5) is 10.1 Å². The Bertz CT molecular complexity index is 845. The summed E-state index contributed by atoms with van der Waals surface area (Å²) in [7, 11) is -3.66. The number of likely N-dealkylation sites (tertiary alicyclic amines) is 1. The van der Waals surface area contributed by atoms with Crippen LogP contribution in [-0.4, -0.2) is 39.6 Å². The lowest BCUT2D eigenvalue weighted by molar-refractivity contribution is 0.149. The zero-order valence-electron chi connectivity index (χ0n) is 15.9. The molecule has 27 heavy (non-hydrogen) atoms. The van der Waals surface area contributed by atoms with E-state index < -0.39 is 16.7 Å². The smallest absolute Gasteiger partial charge is 0.261 e. The lowest BCUT2D eigenvalue weighted by atomic mass is 9.91. The van der Waals surface area contributed by atoms with Gasteiger partial charge in [-0.15, -0.1) is 0 Å². The third-order valence-electron chi connectivity index (χ3n) is 5.12. The van der Waals surface area contributed by atoms with Crippen LogP contribution in [0.3, 0.4) is 0 Å². The second kappa shape index (κ2) is 8.40. The van der Waals surface area contributed by atoms with Gasteiger partial charge in [0.1, 0.15) is 0 Å². The van der Waals surface area contributed by atoms with Crippen molar-refractivity contribution in [3.63, 3.8) is 0 Å². The van der Waals surface area contributed by atoms with Crippen LogP contribution in [0.1, 0.15) is 43.2 Å². The first-order valence-electron chi connectivity index (χ1n) is 9.44. The first-order chi connectivity index (χ1) is 12.9. The molecule has 1 aliphatic rings. The summed E-state index contributed by atoms with van der Waals surface area (Å²) in [4.78, 5) is 2.60. The molecular formula is C21H27FN2O2S. The minimum absolute atomic E-state index is 0.176. The van der Waals surface area contributed by atoms with Crippen LogP contribution in [0.2, 0.25) is 0 Å². The molecule has 1 aliphatic heterocycles. The summed E-state index contributed by atoms with van der Waals surface area (Å²) in [6, 6.07) is 14.0. The number of rotatable bonds is 8. The Hall–Kier alpha value is -1.92. The molecule has 0 saturated carbocycles. The van der Waals surface area contributed by atoms with Crippen LogP contribution < -0.4 is 4.72 Å². The molecule has 0 radical (unpaired) electrons. The predicted molar refractivity (Wildman–Crippen MR) is 108 cm³/mol. The average molecular weight is 391 g/mol. The number of sulfonamides is 1. The summed E-state index contributed by atoms with van der Waals surface area (Å²) < 4.78 is 40.5. The number of halogens is 1. The fourth-order valence-corrected chi connectivity index (χ4v) is 4.44. The third-order valence-corrected chi connectivity index (χ3v) is 6.52. The van der Waals surface area contributed by atoms with E-state index in [0.717, 1.165) is 25.2 Å². The van der Waals surface area contributed by atoms with E-state index in [0.29, 0.717) is 11.6 Å². The van der Waals surface area contributed by atoms with Crippen molar-refractivity contribution in [2.24, 2.45) is 0 Å². The molecule has 4 nitrogen and oxygen atoms in total. The van der Waals surface area contributed by atoms with E-state index in [1.165, 1.54) is 24.1 Å². The molecule has 1 fully saturated rings. The van der Waals surface area contributed by atoms with Gasteiger partial charge in [-0.2, -0.15) is 0 Å². The molecule has 0 bridgehead atoms. The van der Waals surface area contributed by atoms with E-state index in [9.17, 15) is 12.8 Å². The average Bonchev–Trinajstić information content (AvgIpc) is 2.64. The number of nitrogens with one attached hydrogen (secondary N) is 1. The first-order valence-corrected chi connectivity index (χ1v) is 10.9. The van der Waals surface area contributed by atoms with Gasteiger partial charge in [-0.1, -0.05) is 38.1 Å². The molecule has 146 valence electrons. The minimum Gasteiger partial charge on any atom is -0.302 e. The number of benzene rings is 2. The highest BCUT2D eigenvalue weighted by Gasteiger charge is 2.27. The topological polar surface area (TPSA) is 49.4 Å². The van der Waals surface area contributed by atoms with Crippen LogP contribution >= 0.6 is 0 Å².